The summed E-state index contributed by atoms with van der Waals surface area (Å²) in [5, 5.41) is 3.35. The molecule has 4 nitrogen and oxygen atoms in total. The highest BCUT2D eigenvalue weighted by Crippen LogP contribution is 2.07. The summed E-state index contributed by atoms with van der Waals surface area (Å²) >= 11 is 0. The molecule has 0 bridgehead atoms. The normalized spacial score (nSPS) is 12.4. The second-order valence-electron chi connectivity index (χ2n) is 3.86. The fraction of sp³-hybridized carbons (Fsp3) is 0.667. The van der Waals surface area contributed by atoms with Gasteiger partial charge in [0.1, 0.15) is 0 Å². The summed E-state index contributed by atoms with van der Waals surface area (Å²) in [6.45, 7) is 7.99. The molecule has 0 saturated heterocycles. The van der Waals surface area contributed by atoms with Gasteiger partial charge < -0.3 is 10.1 Å². The molecule has 1 aromatic rings. The molecule has 0 amide bonds. The van der Waals surface area contributed by atoms with E-state index in [9.17, 15) is 0 Å². The van der Waals surface area contributed by atoms with Gasteiger partial charge in [-0.15, -0.1) is 0 Å². The van der Waals surface area contributed by atoms with Crippen LogP contribution in [0.25, 0.3) is 0 Å². The minimum Gasteiger partial charge on any atom is -0.477 e. The Morgan fingerprint density at radius 3 is 2.88 bits per heavy atom. The number of hydrogen-bond acceptors (Lipinski definition) is 4. The Bertz CT molecular complexity index is 304. The van der Waals surface area contributed by atoms with Gasteiger partial charge in [-0.1, -0.05) is 13.8 Å². The molecule has 1 N–H and O–H groups in total. The SMILES string of the molecule is CCCOc1cncc(CC(C)NCC)n1. The third kappa shape index (κ3) is 4.57. The van der Waals surface area contributed by atoms with Crippen LogP contribution < -0.4 is 10.1 Å². The molecule has 16 heavy (non-hydrogen) atoms. The van der Waals surface area contributed by atoms with Crippen molar-refractivity contribution in [1.82, 2.24) is 15.3 Å². The fourth-order valence-corrected chi connectivity index (χ4v) is 1.50. The van der Waals surface area contributed by atoms with Gasteiger partial charge in [-0.25, -0.2) is 4.98 Å². The highest BCUT2D eigenvalue weighted by atomic mass is 16.5. The molecular weight excluding hydrogens is 202 g/mol. The van der Waals surface area contributed by atoms with Crippen molar-refractivity contribution in [2.75, 3.05) is 13.2 Å². The van der Waals surface area contributed by atoms with Crippen molar-refractivity contribution in [3.8, 4) is 5.88 Å². The minimum atomic E-state index is 0.417. The first-order chi connectivity index (χ1) is 7.76. The highest BCUT2D eigenvalue weighted by Gasteiger charge is 2.04. The van der Waals surface area contributed by atoms with Gasteiger partial charge in [-0.2, -0.15) is 0 Å². The number of aromatic nitrogens is 2. The number of nitrogens with one attached hydrogen (secondary N) is 1. The van der Waals surface area contributed by atoms with E-state index in [-0.39, 0.29) is 0 Å². The van der Waals surface area contributed by atoms with E-state index in [2.05, 4.69) is 36.1 Å². The van der Waals surface area contributed by atoms with Crippen LogP contribution in [-0.4, -0.2) is 29.2 Å². The predicted octanol–water partition coefficient (Wildman–Crippen LogP) is 1.81. The van der Waals surface area contributed by atoms with E-state index in [1.807, 2.05) is 0 Å². The Labute approximate surface area is 97.5 Å². The molecule has 0 aliphatic rings. The minimum absolute atomic E-state index is 0.417. The van der Waals surface area contributed by atoms with Crippen molar-refractivity contribution in [3.05, 3.63) is 18.1 Å². The Morgan fingerprint density at radius 2 is 2.19 bits per heavy atom. The number of nitrogens with zero attached hydrogens (tertiary/aromatic N) is 2. The van der Waals surface area contributed by atoms with E-state index in [0.29, 0.717) is 18.5 Å². The molecule has 0 saturated carbocycles. The van der Waals surface area contributed by atoms with Crippen LogP contribution in [0.3, 0.4) is 0 Å². The molecule has 1 unspecified atom stereocenters. The van der Waals surface area contributed by atoms with Crippen LogP contribution in [-0.2, 0) is 6.42 Å². The second-order valence-corrected chi connectivity index (χ2v) is 3.86. The van der Waals surface area contributed by atoms with Crippen molar-refractivity contribution in [2.24, 2.45) is 0 Å². The van der Waals surface area contributed by atoms with Gasteiger partial charge in [0.05, 0.1) is 18.5 Å². The van der Waals surface area contributed by atoms with Crippen LogP contribution >= 0.6 is 0 Å². The largest absolute Gasteiger partial charge is 0.477 e. The molecule has 0 aliphatic heterocycles. The van der Waals surface area contributed by atoms with E-state index in [1.54, 1.807) is 12.4 Å². The molecule has 90 valence electrons. The Kier molecular flexibility index (Phi) is 5.78. The van der Waals surface area contributed by atoms with Crippen LogP contribution in [0.4, 0.5) is 0 Å². The summed E-state index contributed by atoms with van der Waals surface area (Å²) in [7, 11) is 0. The topological polar surface area (TPSA) is 47.0 Å². The van der Waals surface area contributed by atoms with E-state index >= 15 is 0 Å². The van der Waals surface area contributed by atoms with Crippen LogP contribution in [0.1, 0.15) is 32.9 Å². The van der Waals surface area contributed by atoms with E-state index in [1.165, 1.54) is 0 Å². The lowest BCUT2D eigenvalue weighted by atomic mass is 10.2. The van der Waals surface area contributed by atoms with E-state index in [0.717, 1.165) is 25.1 Å². The summed E-state index contributed by atoms with van der Waals surface area (Å²) in [5.74, 6) is 0.628. The summed E-state index contributed by atoms with van der Waals surface area (Å²) < 4.78 is 5.44. The lowest BCUT2D eigenvalue weighted by molar-refractivity contribution is 0.302. The molecule has 0 spiro atoms. The molecule has 0 aromatic carbocycles. The van der Waals surface area contributed by atoms with Crippen molar-refractivity contribution >= 4 is 0 Å². The summed E-state index contributed by atoms with van der Waals surface area (Å²) in [5.41, 5.74) is 0.974. The Morgan fingerprint density at radius 1 is 1.38 bits per heavy atom. The lowest BCUT2D eigenvalue weighted by Gasteiger charge is -2.11. The van der Waals surface area contributed by atoms with Gasteiger partial charge in [-0.05, 0) is 19.9 Å². The van der Waals surface area contributed by atoms with Crippen molar-refractivity contribution in [1.29, 1.82) is 0 Å². The third-order valence-electron chi connectivity index (χ3n) is 2.18. The van der Waals surface area contributed by atoms with Crippen LogP contribution in [0, 0.1) is 0 Å². The number of hydrogen-bond donors (Lipinski definition) is 1. The molecule has 0 aliphatic carbocycles. The summed E-state index contributed by atoms with van der Waals surface area (Å²) in [6.07, 6.45) is 5.33. The first-order valence-electron chi connectivity index (χ1n) is 5.93. The molecule has 1 rings (SSSR count). The van der Waals surface area contributed by atoms with Gasteiger partial charge in [0.25, 0.3) is 0 Å². The molecule has 1 heterocycles. The van der Waals surface area contributed by atoms with E-state index in [4.69, 9.17) is 4.74 Å². The quantitative estimate of drug-likeness (QED) is 0.765. The summed E-state index contributed by atoms with van der Waals surface area (Å²) in [6, 6.07) is 0.417. The molecular formula is C12H21N3O. The van der Waals surface area contributed by atoms with Gasteiger partial charge in [-0.3, -0.25) is 4.98 Å². The monoisotopic (exact) mass is 223 g/mol. The smallest absolute Gasteiger partial charge is 0.232 e. The first-order valence-corrected chi connectivity index (χ1v) is 5.93. The highest BCUT2D eigenvalue weighted by molar-refractivity contribution is 5.09. The maximum atomic E-state index is 5.44. The zero-order chi connectivity index (χ0) is 11.8. The van der Waals surface area contributed by atoms with Gasteiger partial charge >= 0.3 is 0 Å². The maximum Gasteiger partial charge on any atom is 0.232 e. The second kappa shape index (κ2) is 7.17. The van der Waals surface area contributed by atoms with Crippen molar-refractivity contribution in [2.45, 2.75) is 39.7 Å². The van der Waals surface area contributed by atoms with Crippen LogP contribution in [0.5, 0.6) is 5.88 Å². The molecule has 0 radical (unpaired) electrons. The van der Waals surface area contributed by atoms with Crippen LogP contribution in [0.15, 0.2) is 12.4 Å². The lowest BCUT2D eigenvalue weighted by Crippen LogP contribution is -2.28. The number of rotatable bonds is 7. The zero-order valence-electron chi connectivity index (χ0n) is 10.4. The molecule has 4 heteroatoms. The number of ether oxygens (including phenoxy) is 1. The predicted molar refractivity (Wildman–Crippen MR) is 64.7 cm³/mol. The Balaban J connectivity index is 2.52. The first kappa shape index (κ1) is 12.9. The van der Waals surface area contributed by atoms with E-state index < -0.39 is 0 Å². The van der Waals surface area contributed by atoms with Gasteiger partial charge in [0, 0.05) is 18.7 Å². The number of likely N-dealkylation sites (N-methyl/N-ethyl adjacent to an activating group) is 1. The molecule has 1 aromatic heterocycles. The fourth-order valence-electron chi connectivity index (χ4n) is 1.50. The Hall–Kier alpha value is -1.16. The maximum absolute atomic E-state index is 5.44. The van der Waals surface area contributed by atoms with Gasteiger partial charge in [0.2, 0.25) is 5.88 Å². The zero-order valence-corrected chi connectivity index (χ0v) is 10.4. The molecule has 0 fully saturated rings. The van der Waals surface area contributed by atoms with Gasteiger partial charge in [0.15, 0.2) is 0 Å². The summed E-state index contributed by atoms with van der Waals surface area (Å²) in [4.78, 5) is 8.54. The average Bonchev–Trinajstić information content (AvgIpc) is 2.27. The standard InChI is InChI=1S/C12H21N3O/c1-4-6-16-12-9-13-8-11(15-12)7-10(3)14-5-2/h8-10,14H,4-7H2,1-3H3. The third-order valence-corrected chi connectivity index (χ3v) is 2.18. The van der Waals surface area contributed by atoms with Crippen molar-refractivity contribution in [3.63, 3.8) is 0 Å². The van der Waals surface area contributed by atoms with Crippen LogP contribution in [0.2, 0.25) is 0 Å². The average molecular weight is 223 g/mol. The van der Waals surface area contributed by atoms with Crippen molar-refractivity contribution < 1.29 is 4.74 Å². The molecule has 1 atom stereocenters.